The van der Waals surface area contributed by atoms with Crippen LogP contribution in [0.15, 0.2) is 18.2 Å². The summed E-state index contributed by atoms with van der Waals surface area (Å²) in [7, 11) is 0. The zero-order valence-corrected chi connectivity index (χ0v) is 10.1. The molecule has 1 N–H and O–H groups in total. The van der Waals surface area contributed by atoms with Gasteiger partial charge in [0.05, 0.1) is 22.3 Å². The first-order valence-corrected chi connectivity index (χ1v) is 5.93. The van der Waals surface area contributed by atoms with E-state index in [4.69, 9.17) is 16.9 Å². The minimum Gasteiger partial charge on any atom is -0.383 e. The largest absolute Gasteiger partial charge is 0.441 e. The predicted molar refractivity (Wildman–Crippen MR) is 63.2 cm³/mol. The molecule has 1 aromatic rings. The SMILES string of the molecule is N#Cc1ccc(NCCSC(F)(F)F)c(Cl)c1. The fraction of sp³-hybridized carbons (Fsp3) is 0.300. The van der Waals surface area contributed by atoms with Crippen LogP contribution in [0, 0.1) is 11.3 Å². The molecule has 0 spiro atoms. The van der Waals surface area contributed by atoms with E-state index in [0.717, 1.165) is 0 Å². The van der Waals surface area contributed by atoms with Gasteiger partial charge in [-0.1, -0.05) is 11.6 Å². The maximum Gasteiger partial charge on any atom is 0.441 e. The summed E-state index contributed by atoms with van der Waals surface area (Å²) in [5, 5.41) is 11.7. The number of hydrogen-bond acceptors (Lipinski definition) is 3. The Kier molecular flexibility index (Phi) is 4.97. The summed E-state index contributed by atoms with van der Waals surface area (Å²) in [6.07, 6.45) is 0. The van der Waals surface area contributed by atoms with Gasteiger partial charge in [-0.3, -0.25) is 0 Å². The average molecular weight is 281 g/mol. The van der Waals surface area contributed by atoms with Crippen LogP contribution in [-0.2, 0) is 0 Å². The molecule has 2 nitrogen and oxygen atoms in total. The smallest absolute Gasteiger partial charge is 0.383 e. The normalized spacial score (nSPS) is 11.0. The lowest BCUT2D eigenvalue weighted by Gasteiger charge is -2.09. The fourth-order valence-electron chi connectivity index (χ4n) is 1.08. The first-order chi connectivity index (χ1) is 7.92. The molecule has 0 fully saturated rings. The lowest BCUT2D eigenvalue weighted by Crippen LogP contribution is -2.09. The Morgan fingerprint density at radius 1 is 1.41 bits per heavy atom. The van der Waals surface area contributed by atoms with Crippen molar-refractivity contribution in [2.45, 2.75) is 5.51 Å². The molecule has 0 heterocycles. The molecule has 0 atom stereocenters. The van der Waals surface area contributed by atoms with E-state index in [-0.39, 0.29) is 24.1 Å². The number of alkyl halides is 3. The van der Waals surface area contributed by atoms with Gasteiger partial charge in [0.25, 0.3) is 0 Å². The van der Waals surface area contributed by atoms with Gasteiger partial charge in [0.1, 0.15) is 0 Å². The summed E-state index contributed by atoms with van der Waals surface area (Å²) < 4.78 is 35.5. The van der Waals surface area contributed by atoms with Gasteiger partial charge in [0, 0.05) is 12.3 Å². The van der Waals surface area contributed by atoms with Crippen LogP contribution in [0.25, 0.3) is 0 Å². The van der Waals surface area contributed by atoms with E-state index in [0.29, 0.717) is 16.3 Å². The molecule has 0 radical (unpaired) electrons. The number of halogens is 4. The second-order valence-corrected chi connectivity index (χ2v) is 4.59. The van der Waals surface area contributed by atoms with Crippen molar-refractivity contribution in [3.05, 3.63) is 28.8 Å². The highest BCUT2D eigenvalue weighted by Gasteiger charge is 2.27. The monoisotopic (exact) mass is 280 g/mol. The fourth-order valence-corrected chi connectivity index (χ4v) is 1.76. The number of benzene rings is 1. The third kappa shape index (κ3) is 5.20. The highest BCUT2D eigenvalue weighted by molar-refractivity contribution is 8.00. The van der Waals surface area contributed by atoms with Crippen molar-refractivity contribution in [1.29, 1.82) is 5.26 Å². The van der Waals surface area contributed by atoms with E-state index >= 15 is 0 Å². The molecule has 0 saturated heterocycles. The predicted octanol–water partition coefficient (Wildman–Crippen LogP) is 3.88. The number of rotatable bonds is 4. The van der Waals surface area contributed by atoms with Crippen LogP contribution in [0.1, 0.15) is 5.56 Å². The number of nitriles is 1. The summed E-state index contributed by atoms with van der Waals surface area (Å²) in [6.45, 7) is 0.149. The molecule has 7 heteroatoms. The molecule has 0 amide bonds. The van der Waals surface area contributed by atoms with Gasteiger partial charge >= 0.3 is 5.51 Å². The van der Waals surface area contributed by atoms with Gasteiger partial charge in [-0.2, -0.15) is 18.4 Å². The second-order valence-electron chi connectivity index (χ2n) is 3.03. The summed E-state index contributed by atoms with van der Waals surface area (Å²) in [5.41, 5.74) is -3.28. The van der Waals surface area contributed by atoms with Crippen molar-refractivity contribution < 1.29 is 13.2 Å². The quantitative estimate of drug-likeness (QED) is 0.850. The zero-order chi connectivity index (χ0) is 12.9. The molecular weight excluding hydrogens is 273 g/mol. The van der Waals surface area contributed by atoms with Crippen LogP contribution in [-0.4, -0.2) is 17.8 Å². The molecule has 17 heavy (non-hydrogen) atoms. The molecule has 0 unspecified atom stereocenters. The van der Waals surface area contributed by atoms with Crippen LogP contribution in [0.5, 0.6) is 0 Å². The summed E-state index contributed by atoms with van der Waals surface area (Å²) in [5.74, 6) is -0.0974. The molecule has 1 aromatic carbocycles. The lowest BCUT2D eigenvalue weighted by molar-refractivity contribution is -0.0327. The van der Waals surface area contributed by atoms with E-state index < -0.39 is 5.51 Å². The minimum absolute atomic E-state index is 0.0916. The van der Waals surface area contributed by atoms with E-state index in [1.165, 1.54) is 6.07 Å². The third-order valence-electron chi connectivity index (χ3n) is 1.78. The molecule has 92 valence electrons. The Labute approximate surface area is 106 Å². The highest BCUT2D eigenvalue weighted by atomic mass is 35.5. The second kappa shape index (κ2) is 6.03. The molecule has 0 saturated carbocycles. The van der Waals surface area contributed by atoms with E-state index in [2.05, 4.69) is 5.32 Å². The first-order valence-electron chi connectivity index (χ1n) is 4.56. The summed E-state index contributed by atoms with van der Waals surface area (Å²) >= 11 is 5.74. The first kappa shape index (κ1) is 14.0. The zero-order valence-electron chi connectivity index (χ0n) is 8.51. The summed E-state index contributed by atoms with van der Waals surface area (Å²) in [4.78, 5) is 0. The van der Waals surface area contributed by atoms with Crippen LogP contribution >= 0.6 is 23.4 Å². The Morgan fingerprint density at radius 3 is 2.65 bits per heavy atom. The van der Waals surface area contributed by atoms with Crippen molar-refractivity contribution in [1.82, 2.24) is 0 Å². The number of thioether (sulfide) groups is 1. The van der Waals surface area contributed by atoms with Crippen molar-refractivity contribution in [3.8, 4) is 6.07 Å². The van der Waals surface area contributed by atoms with Gasteiger partial charge in [0.15, 0.2) is 0 Å². The van der Waals surface area contributed by atoms with E-state index in [1.807, 2.05) is 6.07 Å². The third-order valence-corrected chi connectivity index (χ3v) is 2.83. The number of anilines is 1. The topological polar surface area (TPSA) is 35.8 Å². The summed E-state index contributed by atoms with van der Waals surface area (Å²) in [6, 6.07) is 6.49. The van der Waals surface area contributed by atoms with Gasteiger partial charge in [-0.15, -0.1) is 0 Å². The van der Waals surface area contributed by atoms with Crippen molar-refractivity contribution in [3.63, 3.8) is 0 Å². The minimum atomic E-state index is -4.21. The average Bonchev–Trinajstić information content (AvgIpc) is 2.24. The molecule has 0 bridgehead atoms. The van der Waals surface area contributed by atoms with Gasteiger partial charge in [-0.25, -0.2) is 0 Å². The molecular formula is C10H8ClF3N2S. The number of nitrogens with zero attached hydrogens (tertiary/aromatic N) is 1. The standard InChI is InChI=1S/C10H8ClF3N2S/c11-8-5-7(6-15)1-2-9(8)16-3-4-17-10(12,13)14/h1-2,5,16H,3-4H2. The lowest BCUT2D eigenvalue weighted by atomic mass is 10.2. The number of hydrogen-bond donors (Lipinski definition) is 1. The van der Waals surface area contributed by atoms with Gasteiger partial charge in [0.2, 0.25) is 0 Å². The van der Waals surface area contributed by atoms with Crippen LogP contribution in [0.3, 0.4) is 0 Å². The molecule has 0 aromatic heterocycles. The van der Waals surface area contributed by atoms with Gasteiger partial charge < -0.3 is 5.32 Å². The molecule has 0 aliphatic rings. The number of nitrogens with one attached hydrogen (secondary N) is 1. The maximum atomic E-state index is 11.8. The highest BCUT2D eigenvalue weighted by Crippen LogP contribution is 2.30. The Morgan fingerprint density at radius 2 is 2.12 bits per heavy atom. The maximum absolute atomic E-state index is 11.8. The van der Waals surface area contributed by atoms with Crippen LogP contribution in [0.2, 0.25) is 5.02 Å². The van der Waals surface area contributed by atoms with Crippen molar-refractivity contribution in [2.24, 2.45) is 0 Å². The van der Waals surface area contributed by atoms with Crippen LogP contribution in [0.4, 0.5) is 18.9 Å². The molecule has 0 aliphatic heterocycles. The van der Waals surface area contributed by atoms with E-state index in [1.54, 1.807) is 12.1 Å². The Balaban J connectivity index is 2.45. The Hall–Kier alpha value is -1.06. The van der Waals surface area contributed by atoms with Crippen molar-refractivity contribution >= 4 is 29.1 Å². The van der Waals surface area contributed by atoms with Crippen molar-refractivity contribution in [2.75, 3.05) is 17.6 Å². The van der Waals surface area contributed by atoms with Crippen LogP contribution < -0.4 is 5.32 Å². The van der Waals surface area contributed by atoms with E-state index in [9.17, 15) is 13.2 Å². The molecule has 0 aliphatic carbocycles. The van der Waals surface area contributed by atoms with Gasteiger partial charge in [-0.05, 0) is 30.0 Å². The molecule has 1 rings (SSSR count). The Bertz CT molecular complexity index is 429.